The molecule has 0 bridgehead atoms. The number of hydrogen-bond acceptors (Lipinski definition) is 5. The van der Waals surface area contributed by atoms with Crippen LogP contribution >= 0.6 is 34.8 Å². The van der Waals surface area contributed by atoms with Crippen molar-refractivity contribution in [2.75, 3.05) is 12.9 Å². The molecule has 4 rings (SSSR count). The number of carbonyl (C=O) groups excluding carboxylic acids is 1. The van der Waals surface area contributed by atoms with E-state index in [1.165, 1.54) is 6.07 Å². The maximum Gasteiger partial charge on any atom is 0.182 e. The molecular weight excluding hydrogens is 543 g/mol. The highest BCUT2D eigenvalue weighted by molar-refractivity contribution is 7.90. The van der Waals surface area contributed by atoms with Crippen molar-refractivity contribution in [3.05, 3.63) is 87.6 Å². The van der Waals surface area contributed by atoms with Crippen LogP contribution in [0.5, 0.6) is 0 Å². The molecule has 0 spiro atoms. The normalized spacial score (nSPS) is 11.6. The van der Waals surface area contributed by atoms with E-state index in [1.54, 1.807) is 65.4 Å². The summed E-state index contributed by atoms with van der Waals surface area (Å²) < 4.78 is 25.6. The molecule has 0 atom stereocenters. The summed E-state index contributed by atoms with van der Waals surface area (Å²) in [5, 5.41) is 10.2. The third-order valence-electron chi connectivity index (χ3n) is 5.54. The Morgan fingerprint density at radius 3 is 2.25 bits per heavy atom. The molecule has 3 aromatic carbocycles. The molecule has 0 amide bonds. The summed E-state index contributed by atoms with van der Waals surface area (Å²) in [6.07, 6.45) is 3.17. The summed E-state index contributed by atoms with van der Waals surface area (Å²) in [6.45, 7) is -0.108. The molecule has 4 aromatic rings. The number of imidazole rings is 1. The molecule has 1 aromatic heterocycles. The van der Waals surface area contributed by atoms with Crippen LogP contribution in [-0.4, -0.2) is 41.7 Å². The summed E-state index contributed by atoms with van der Waals surface area (Å²) in [4.78, 5) is 17.4. The number of Topliss-reactive ketones (excluding diaryl/α,β-unsaturated/α-hetero) is 1. The van der Waals surface area contributed by atoms with E-state index in [1.807, 2.05) is 0 Å². The zero-order chi connectivity index (χ0) is 26.0. The zero-order valence-electron chi connectivity index (χ0n) is 19.1. The molecule has 36 heavy (non-hydrogen) atoms. The maximum absolute atomic E-state index is 12.7. The quantitative estimate of drug-likeness (QED) is 0.246. The fourth-order valence-corrected chi connectivity index (χ4v) is 5.25. The second kappa shape index (κ2) is 10.7. The Kier molecular flexibility index (Phi) is 7.87. The summed E-state index contributed by atoms with van der Waals surface area (Å²) in [5.41, 5.74) is 2.56. The lowest BCUT2D eigenvalue weighted by molar-refractivity contribution is 0.0967. The van der Waals surface area contributed by atoms with E-state index in [0.29, 0.717) is 49.7 Å². The Balaban J connectivity index is 1.85. The lowest BCUT2D eigenvalue weighted by atomic mass is 10.1. The largest absolute Gasteiger partial charge is 0.396 e. The van der Waals surface area contributed by atoms with Gasteiger partial charge in [-0.1, -0.05) is 59.1 Å². The van der Waals surface area contributed by atoms with E-state index < -0.39 is 9.84 Å². The summed E-state index contributed by atoms with van der Waals surface area (Å²) in [5.74, 6) is 0.101. The van der Waals surface area contributed by atoms with Crippen LogP contribution in [0.3, 0.4) is 0 Å². The molecule has 186 valence electrons. The first kappa shape index (κ1) is 26.4. The van der Waals surface area contributed by atoms with E-state index in [2.05, 4.69) is 4.98 Å². The van der Waals surface area contributed by atoms with Crippen molar-refractivity contribution >= 4 is 50.4 Å². The number of sulfone groups is 1. The van der Waals surface area contributed by atoms with Crippen LogP contribution in [0.2, 0.25) is 15.1 Å². The van der Waals surface area contributed by atoms with Crippen LogP contribution in [0.15, 0.2) is 71.8 Å². The third kappa shape index (κ3) is 5.51. The number of aliphatic hydroxyl groups is 1. The molecule has 0 unspecified atom stereocenters. The SMILES string of the molecule is CS(=O)(=O)c1cccc(-c2ccc(-n3cc(C(=O)CCCO)nc3-c3c(Cl)cccc3Cl)c(Cl)c2)c1. The highest BCUT2D eigenvalue weighted by Gasteiger charge is 2.22. The average Bonchev–Trinajstić information content (AvgIpc) is 3.26. The Bertz CT molecular complexity index is 1550. The first-order valence-corrected chi connectivity index (χ1v) is 13.9. The van der Waals surface area contributed by atoms with E-state index in [0.717, 1.165) is 6.26 Å². The first-order chi connectivity index (χ1) is 17.1. The van der Waals surface area contributed by atoms with Crippen molar-refractivity contribution in [2.45, 2.75) is 17.7 Å². The topological polar surface area (TPSA) is 89.3 Å². The zero-order valence-corrected chi connectivity index (χ0v) is 22.2. The standard InChI is InChI=1S/C26H21Cl3N2O4S/c1-36(34,35)18-6-2-5-16(13-18)17-10-11-23(21(29)14-17)31-15-22(24(33)9-4-12-32)30-26(31)25-19(27)7-3-8-20(25)28/h2-3,5-8,10-11,13-15,32H,4,9,12H2,1H3. The van der Waals surface area contributed by atoms with Crippen LogP contribution in [0.25, 0.3) is 28.2 Å². The second-order valence-corrected chi connectivity index (χ2v) is 11.4. The summed E-state index contributed by atoms with van der Waals surface area (Å²) in [7, 11) is -3.37. The number of aromatic nitrogens is 2. The molecule has 0 fully saturated rings. The molecule has 0 radical (unpaired) electrons. The lowest BCUT2D eigenvalue weighted by Crippen LogP contribution is -2.00. The van der Waals surface area contributed by atoms with Gasteiger partial charge in [0, 0.05) is 25.5 Å². The number of hydrogen-bond donors (Lipinski definition) is 1. The van der Waals surface area contributed by atoms with Gasteiger partial charge in [-0.05, 0) is 53.9 Å². The van der Waals surface area contributed by atoms with E-state index in [-0.39, 0.29) is 29.4 Å². The van der Waals surface area contributed by atoms with Crippen molar-refractivity contribution in [1.29, 1.82) is 0 Å². The lowest BCUT2D eigenvalue weighted by Gasteiger charge is -2.13. The van der Waals surface area contributed by atoms with Crippen molar-refractivity contribution in [3.63, 3.8) is 0 Å². The fraction of sp³-hybridized carbons (Fsp3) is 0.154. The highest BCUT2D eigenvalue weighted by Crippen LogP contribution is 2.37. The van der Waals surface area contributed by atoms with Crippen LogP contribution < -0.4 is 0 Å². The molecule has 1 N–H and O–H groups in total. The molecular formula is C26H21Cl3N2O4S. The van der Waals surface area contributed by atoms with Gasteiger partial charge in [-0.2, -0.15) is 0 Å². The van der Waals surface area contributed by atoms with Crippen molar-refractivity contribution < 1.29 is 18.3 Å². The molecule has 6 nitrogen and oxygen atoms in total. The number of benzene rings is 3. The number of halogens is 3. The van der Waals surface area contributed by atoms with Gasteiger partial charge in [0.2, 0.25) is 0 Å². The van der Waals surface area contributed by atoms with Gasteiger partial charge in [0.25, 0.3) is 0 Å². The Hall–Kier alpha value is -2.68. The summed E-state index contributed by atoms with van der Waals surface area (Å²) >= 11 is 19.6. The Labute approximate surface area is 224 Å². The number of rotatable bonds is 8. The maximum atomic E-state index is 12.7. The number of carbonyl (C=O) groups is 1. The van der Waals surface area contributed by atoms with Crippen LogP contribution in [0, 0.1) is 0 Å². The van der Waals surface area contributed by atoms with Crippen LogP contribution in [-0.2, 0) is 9.84 Å². The summed E-state index contributed by atoms with van der Waals surface area (Å²) in [6, 6.07) is 16.9. The number of aliphatic hydroxyl groups excluding tert-OH is 1. The van der Waals surface area contributed by atoms with E-state index in [4.69, 9.17) is 39.9 Å². The van der Waals surface area contributed by atoms with Gasteiger partial charge in [0.15, 0.2) is 15.6 Å². The minimum atomic E-state index is -3.37. The molecule has 10 heteroatoms. The van der Waals surface area contributed by atoms with Gasteiger partial charge in [-0.25, -0.2) is 13.4 Å². The Morgan fingerprint density at radius 2 is 1.61 bits per heavy atom. The fourth-order valence-electron chi connectivity index (χ4n) is 3.74. The van der Waals surface area contributed by atoms with E-state index in [9.17, 15) is 13.2 Å². The van der Waals surface area contributed by atoms with Gasteiger partial charge in [0.1, 0.15) is 11.5 Å². The van der Waals surface area contributed by atoms with Gasteiger partial charge in [-0.3, -0.25) is 9.36 Å². The monoisotopic (exact) mass is 562 g/mol. The van der Waals surface area contributed by atoms with E-state index >= 15 is 0 Å². The third-order valence-corrected chi connectivity index (χ3v) is 7.59. The van der Waals surface area contributed by atoms with Crippen molar-refractivity contribution in [3.8, 4) is 28.2 Å². The molecule has 0 aliphatic rings. The van der Waals surface area contributed by atoms with Crippen LogP contribution in [0.4, 0.5) is 0 Å². The smallest absolute Gasteiger partial charge is 0.182 e. The number of ketones is 1. The number of nitrogens with zero attached hydrogens (tertiary/aromatic N) is 2. The average molecular weight is 564 g/mol. The first-order valence-electron chi connectivity index (χ1n) is 10.9. The van der Waals surface area contributed by atoms with Crippen molar-refractivity contribution in [2.24, 2.45) is 0 Å². The highest BCUT2D eigenvalue weighted by atomic mass is 35.5. The second-order valence-electron chi connectivity index (χ2n) is 8.13. The van der Waals surface area contributed by atoms with Crippen molar-refractivity contribution in [1.82, 2.24) is 9.55 Å². The minimum absolute atomic E-state index is 0.108. The molecule has 0 aliphatic carbocycles. The molecule has 0 aliphatic heterocycles. The molecule has 0 saturated carbocycles. The molecule has 1 heterocycles. The minimum Gasteiger partial charge on any atom is -0.396 e. The predicted molar refractivity (Wildman–Crippen MR) is 143 cm³/mol. The van der Waals surface area contributed by atoms with Gasteiger partial charge in [-0.15, -0.1) is 0 Å². The van der Waals surface area contributed by atoms with Gasteiger partial charge in [0.05, 0.1) is 31.2 Å². The Morgan fingerprint density at radius 1 is 0.944 bits per heavy atom. The predicted octanol–water partition coefficient (Wildman–Crippen LogP) is 6.53. The van der Waals surface area contributed by atoms with Crippen LogP contribution in [0.1, 0.15) is 23.3 Å². The van der Waals surface area contributed by atoms with Gasteiger partial charge >= 0.3 is 0 Å². The van der Waals surface area contributed by atoms with Gasteiger partial charge < -0.3 is 5.11 Å². The molecule has 0 saturated heterocycles.